The summed E-state index contributed by atoms with van der Waals surface area (Å²) in [5.41, 5.74) is 0.379. The maximum Gasteiger partial charge on any atom is 0.326 e. The molecule has 1 radical (unpaired) electrons. The van der Waals surface area contributed by atoms with Gasteiger partial charge in [0.05, 0.1) is 6.20 Å². The Morgan fingerprint density at radius 3 is 3.08 bits per heavy atom. The third-order valence-corrected chi connectivity index (χ3v) is 1.39. The van der Waals surface area contributed by atoms with Crippen LogP contribution in [0.2, 0.25) is 5.15 Å². The maximum absolute atomic E-state index is 12.7. The second-order valence-electron chi connectivity index (χ2n) is 1.94. The van der Waals surface area contributed by atoms with E-state index in [-0.39, 0.29) is 5.15 Å². The van der Waals surface area contributed by atoms with Gasteiger partial charge in [0.1, 0.15) is 6.19 Å². The average Bonchev–Trinajstić information content (AvgIpc) is 2.07. The molecule has 1 aromatic heterocycles. The fourth-order valence-corrected chi connectivity index (χ4v) is 0.734. The van der Waals surface area contributed by atoms with Gasteiger partial charge in [0.25, 0.3) is 0 Å². The summed E-state index contributed by atoms with van der Waals surface area (Å²) in [6.07, 6.45) is 1.87. The Hall–Kier alpha value is -1.10. The second kappa shape index (κ2) is 4.06. The predicted molar refractivity (Wildman–Crippen MR) is 45.3 cm³/mol. The van der Waals surface area contributed by atoms with Gasteiger partial charge in [0.2, 0.25) is 0 Å². The number of anilines is 1. The van der Waals surface area contributed by atoms with E-state index < -0.39 is 5.82 Å². The van der Waals surface area contributed by atoms with E-state index in [1.165, 1.54) is 6.20 Å². The molecule has 12 heavy (non-hydrogen) atoms. The van der Waals surface area contributed by atoms with Crippen molar-refractivity contribution in [1.29, 1.82) is 0 Å². The van der Waals surface area contributed by atoms with E-state index in [1.807, 2.05) is 0 Å². The first-order valence-electron chi connectivity index (χ1n) is 3.08. The van der Waals surface area contributed by atoms with Crippen LogP contribution in [0.5, 0.6) is 0 Å². The SMILES string of the molecule is O=C[B]Nc1cnc(Cl)c(F)c1. The van der Waals surface area contributed by atoms with Gasteiger partial charge in [0, 0.05) is 11.8 Å². The summed E-state index contributed by atoms with van der Waals surface area (Å²) in [5, 5.41) is 2.32. The van der Waals surface area contributed by atoms with Gasteiger partial charge >= 0.3 is 7.41 Å². The monoisotopic (exact) mass is 185 g/mol. The maximum atomic E-state index is 12.7. The first-order chi connectivity index (χ1) is 5.74. The lowest BCUT2D eigenvalue weighted by atomic mass is 9.99. The average molecular weight is 185 g/mol. The molecule has 0 aromatic carbocycles. The zero-order valence-electron chi connectivity index (χ0n) is 5.92. The molecule has 0 aliphatic rings. The number of rotatable bonds is 3. The molecular weight excluding hydrogens is 181 g/mol. The quantitative estimate of drug-likeness (QED) is 0.435. The van der Waals surface area contributed by atoms with E-state index in [4.69, 9.17) is 11.6 Å². The van der Waals surface area contributed by atoms with Crippen molar-refractivity contribution in [2.24, 2.45) is 0 Å². The Morgan fingerprint density at radius 1 is 1.75 bits per heavy atom. The van der Waals surface area contributed by atoms with E-state index in [9.17, 15) is 9.18 Å². The topological polar surface area (TPSA) is 42.0 Å². The molecule has 0 bridgehead atoms. The molecule has 0 fully saturated rings. The molecular formula is C6H4BClFN2O. The summed E-state index contributed by atoms with van der Waals surface area (Å²) in [6, 6.07) is 1.15. The van der Waals surface area contributed by atoms with E-state index in [1.54, 1.807) is 0 Å². The van der Waals surface area contributed by atoms with Crippen molar-refractivity contribution >= 4 is 30.9 Å². The molecule has 1 N–H and O–H groups in total. The van der Waals surface area contributed by atoms with Crippen LogP contribution in [-0.2, 0) is 4.79 Å². The van der Waals surface area contributed by atoms with Gasteiger partial charge in [0.15, 0.2) is 11.0 Å². The van der Waals surface area contributed by atoms with E-state index in [2.05, 4.69) is 10.2 Å². The third-order valence-electron chi connectivity index (χ3n) is 1.11. The smallest absolute Gasteiger partial charge is 0.326 e. The summed E-state index contributed by atoms with van der Waals surface area (Å²) in [6.45, 7) is 0. The summed E-state index contributed by atoms with van der Waals surface area (Å²) in [5.74, 6) is -0.624. The largest absolute Gasteiger partial charge is 0.424 e. The minimum absolute atomic E-state index is 0.188. The number of carbonyl (C=O) groups is 1. The van der Waals surface area contributed by atoms with Gasteiger partial charge in [-0.25, -0.2) is 9.37 Å². The zero-order chi connectivity index (χ0) is 8.97. The standard InChI is InChI=1S/C6H4BClFN2O/c8-6-5(9)1-4(2-10-6)11-7-3-12/h1-3,11H. The van der Waals surface area contributed by atoms with Crippen LogP contribution in [0.15, 0.2) is 12.3 Å². The Labute approximate surface area is 74.2 Å². The van der Waals surface area contributed by atoms with E-state index in [0.29, 0.717) is 11.9 Å². The number of nitrogens with one attached hydrogen (secondary N) is 1. The van der Waals surface area contributed by atoms with Crippen molar-refractivity contribution < 1.29 is 9.18 Å². The van der Waals surface area contributed by atoms with Crippen LogP contribution in [0, 0.1) is 5.82 Å². The lowest BCUT2D eigenvalue weighted by Gasteiger charge is -2.00. The first kappa shape index (κ1) is 9.00. The van der Waals surface area contributed by atoms with Gasteiger partial charge in [-0.1, -0.05) is 11.6 Å². The highest BCUT2D eigenvalue weighted by Crippen LogP contribution is 2.14. The summed E-state index contributed by atoms with van der Waals surface area (Å²) >= 11 is 5.32. The summed E-state index contributed by atoms with van der Waals surface area (Å²) in [7, 11) is 1.13. The van der Waals surface area contributed by atoms with Crippen molar-refractivity contribution in [3.05, 3.63) is 23.2 Å². The van der Waals surface area contributed by atoms with Crippen LogP contribution in [0.4, 0.5) is 10.1 Å². The molecule has 6 heteroatoms. The Kier molecular flexibility index (Phi) is 3.05. The number of carbonyl (C=O) groups excluding carboxylic acids is 1. The minimum Gasteiger partial charge on any atom is -0.424 e. The molecule has 0 saturated carbocycles. The van der Waals surface area contributed by atoms with E-state index in [0.717, 1.165) is 13.5 Å². The molecule has 1 rings (SSSR count). The lowest BCUT2D eigenvalue weighted by molar-refractivity contribution is 0.568. The predicted octanol–water partition coefficient (Wildman–Crippen LogP) is 1.10. The van der Waals surface area contributed by atoms with E-state index >= 15 is 0 Å². The molecule has 61 valence electrons. The molecule has 0 aliphatic heterocycles. The normalized spacial score (nSPS) is 9.17. The number of nitrogens with zero attached hydrogens (tertiary/aromatic N) is 1. The number of pyridine rings is 1. The van der Waals surface area contributed by atoms with Crippen molar-refractivity contribution in [1.82, 2.24) is 4.98 Å². The van der Waals surface area contributed by atoms with Crippen molar-refractivity contribution in [3.8, 4) is 0 Å². The van der Waals surface area contributed by atoms with Gasteiger partial charge < -0.3 is 10.0 Å². The van der Waals surface area contributed by atoms with Gasteiger partial charge in [-0.15, -0.1) is 0 Å². The Morgan fingerprint density at radius 2 is 2.50 bits per heavy atom. The fourth-order valence-electron chi connectivity index (χ4n) is 0.630. The number of halogens is 2. The second-order valence-corrected chi connectivity index (χ2v) is 2.30. The van der Waals surface area contributed by atoms with Crippen LogP contribution in [-0.4, -0.2) is 18.6 Å². The number of hydrogen-bond donors (Lipinski definition) is 1. The highest BCUT2D eigenvalue weighted by atomic mass is 35.5. The molecule has 1 aromatic rings. The first-order valence-corrected chi connectivity index (χ1v) is 3.46. The molecule has 3 nitrogen and oxygen atoms in total. The van der Waals surface area contributed by atoms with Crippen molar-refractivity contribution in [2.45, 2.75) is 0 Å². The lowest BCUT2D eigenvalue weighted by Crippen LogP contribution is -2.07. The van der Waals surface area contributed by atoms with Crippen molar-refractivity contribution in [3.63, 3.8) is 0 Å². The number of aromatic nitrogens is 1. The minimum atomic E-state index is -0.624. The Bertz CT molecular complexity index is 297. The fraction of sp³-hybridized carbons (Fsp3) is 0. The molecule has 1 heterocycles. The third kappa shape index (κ3) is 2.20. The van der Waals surface area contributed by atoms with Gasteiger partial charge in [-0.05, 0) is 0 Å². The number of hydrogen-bond acceptors (Lipinski definition) is 3. The molecule has 0 saturated heterocycles. The zero-order valence-corrected chi connectivity index (χ0v) is 6.68. The Balaban J connectivity index is 2.75. The van der Waals surface area contributed by atoms with Crippen LogP contribution in [0.1, 0.15) is 0 Å². The molecule has 0 amide bonds. The van der Waals surface area contributed by atoms with Crippen LogP contribution < -0.4 is 5.23 Å². The molecule has 0 aliphatic carbocycles. The van der Waals surface area contributed by atoms with Gasteiger partial charge in [-0.2, -0.15) is 0 Å². The van der Waals surface area contributed by atoms with Crippen LogP contribution in [0.3, 0.4) is 0 Å². The molecule has 0 unspecified atom stereocenters. The van der Waals surface area contributed by atoms with Crippen molar-refractivity contribution in [2.75, 3.05) is 5.23 Å². The summed E-state index contributed by atoms with van der Waals surface area (Å²) < 4.78 is 12.7. The van der Waals surface area contributed by atoms with Gasteiger partial charge in [-0.3, -0.25) is 0 Å². The molecule has 0 atom stereocenters. The summed E-state index contributed by atoms with van der Waals surface area (Å²) in [4.78, 5) is 13.4. The highest BCUT2D eigenvalue weighted by molar-refractivity contribution is 6.69. The highest BCUT2D eigenvalue weighted by Gasteiger charge is 2.01. The van der Waals surface area contributed by atoms with Crippen LogP contribution >= 0.6 is 11.6 Å². The van der Waals surface area contributed by atoms with Crippen LogP contribution in [0.25, 0.3) is 0 Å². The molecule has 0 spiro atoms.